The third kappa shape index (κ3) is 2.38. The summed E-state index contributed by atoms with van der Waals surface area (Å²) >= 11 is 5.68. The van der Waals surface area contributed by atoms with E-state index in [1.54, 1.807) is 6.07 Å². The molecule has 1 unspecified atom stereocenters. The average Bonchev–Trinajstić information content (AvgIpc) is 2.96. The highest BCUT2D eigenvalue weighted by atomic mass is 35.5. The largest absolute Gasteiger partial charge is 0.364 e. The van der Waals surface area contributed by atoms with Gasteiger partial charge in [-0.15, -0.1) is 11.6 Å². The van der Waals surface area contributed by atoms with Gasteiger partial charge in [-0.25, -0.2) is 0 Å². The first-order valence-electron chi connectivity index (χ1n) is 5.60. The van der Waals surface area contributed by atoms with Crippen molar-refractivity contribution in [3.8, 4) is 0 Å². The quantitative estimate of drug-likeness (QED) is 0.761. The molecule has 1 saturated heterocycles. The molecule has 0 saturated carbocycles. The van der Waals surface area contributed by atoms with Crippen LogP contribution in [0.2, 0.25) is 0 Å². The van der Waals surface area contributed by atoms with Crippen LogP contribution in [0.25, 0.3) is 0 Å². The number of amides is 1. The van der Waals surface area contributed by atoms with Crippen LogP contribution in [0.3, 0.4) is 0 Å². The molecule has 2 rings (SSSR count). The molecule has 0 aliphatic carbocycles. The van der Waals surface area contributed by atoms with Gasteiger partial charge in [0, 0.05) is 24.5 Å². The van der Waals surface area contributed by atoms with Gasteiger partial charge < -0.3 is 9.42 Å². The number of alkyl halides is 1. The normalized spacial score (nSPS) is 20.3. The molecule has 4 nitrogen and oxygen atoms in total. The molecule has 1 atom stereocenters. The summed E-state index contributed by atoms with van der Waals surface area (Å²) < 4.78 is 4.69. The van der Waals surface area contributed by atoms with Crippen molar-refractivity contribution < 1.29 is 9.32 Å². The molecule has 1 aromatic heterocycles. The smallest absolute Gasteiger partial charge is 0.276 e. The standard InChI is InChI=1S/C11H15ClN2O2/c12-6-1-3-9-4-2-7-14(9)11(15)10-5-8-16-13-10/h5,8-9H,1-4,6-7H2. The Balaban J connectivity index is 1.99. The second-order valence-corrected chi connectivity index (χ2v) is 4.39. The molecule has 1 aliphatic rings. The number of hydrogen-bond acceptors (Lipinski definition) is 3. The predicted octanol–water partition coefficient (Wildman–Crippen LogP) is 2.30. The summed E-state index contributed by atoms with van der Waals surface area (Å²) in [5, 5.41) is 3.68. The van der Waals surface area contributed by atoms with Crippen LogP contribution in [0.5, 0.6) is 0 Å². The Morgan fingerprint density at radius 3 is 3.25 bits per heavy atom. The van der Waals surface area contributed by atoms with Crippen LogP contribution in [0.15, 0.2) is 16.9 Å². The average molecular weight is 243 g/mol. The van der Waals surface area contributed by atoms with Crippen molar-refractivity contribution >= 4 is 17.5 Å². The minimum Gasteiger partial charge on any atom is -0.364 e. The first-order valence-corrected chi connectivity index (χ1v) is 6.13. The van der Waals surface area contributed by atoms with Gasteiger partial charge in [0.1, 0.15) is 6.26 Å². The molecule has 88 valence electrons. The Labute approximate surface area is 99.5 Å². The number of nitrogens with zero attached hydrogens (tertiary/aromatic N) is 2. The first-order chi connectivity index (χ1) is 7.83. The molecular formula is C11H15ClN2O2. The van der Waals surface area contributed by atoms with E-state index >= 15 is 0 Å². The zero-order chi connectivity index (χ0) is 11.4. The summed E-state index contributed by atoms with van der Waals surface area (Å²) in [5.74, 6) is 0.633. The van der Waals surface area contributed by atoms with E-state index in [1.807, 2.05) is 4.90 Å². The van der Waals surface area contributed by atoms with E-state index in [2.05, 4.69) is 5.16 Å². The maximum atomic E-state index is 12.1. The molecule has 0 spiro atoms. The fraction of sp³-hybridized carbons (Fsp3) is 0.636. The van der Waals surface area contributed by atoms with Gasteiger partial charge in [-0.2, -0.15) is 0 Å². The summed E-state index contributed by atoms with van der Waals surface area (Å²) in [6.07, 6.45) is 5.50. The monoisotopic (exact) mass is 242 g/mol. The zero-order valence-electron chi connectivity index (χ0n) is 9.06. The molecule has 0 N–H and O–H groups in total. The van der Waals surface area contributed by atoms with Crippen LogP contribution < -0.4 is 0 Å². The fourth-order valence-electron chi connectivity index (χ4n) is 2.19. The van der Waals surface area contributed by atoms with Crippen molar-refractivity contribution in [1.82, 2.24) is 10.1 Å². The molecule has 1 aliphatic heterocycles. The van der Waals surface area contributed by atoms with Gasteiger partial charge >= 0.3 is 0 Å². The van der Waals surface area contributed by atoms with Gasteiger partial charge in [-0.05, 0) is 25.7 Å². The van der Waals surface area contributed by atoms with Gasteiger partial charge in [-0.3, -0.25) is 4.79 Å². The maximum Gasteiger partial charge on any atom is 0.276 e. The van der Waals surface area contributed by atoms with Crippen LogP contribution in [-0.2, 0) is 0 Å². The predicted molar refractivity (Wildman–Crippen MR) is 60.5 cm³/mol. The molecule has 16 heavy (non-hydrogen) atoms. The fourth-order valence-corrected chi connectivity index (χ4v) is 2.34. The lowest BCUT2D eigenvalue weighted by atomic mass is 10.1. The van der Waals surface area contributed by atoms with E-state index in [4.69, 9.17) is 16.1 Å². The van der Waals surface area contributed by atoms with Gasteiger partial charge in [0.25, 0.3) is 5.91 Å². The Bertz CT molecular complexity index is 340. The highest BCUT2D eigenvalue weighted by Crippen LogP contribution is 2.23. The van der Waals surface area contributed by atoms with E-state index in [1.165, 1.54) is 6.26 Å². The Morgan fingerprint density at radius 2 is 2.56 bits per heavy atom. The molecular weight excluding hydrogens is 228 g/mol. The van der Waals surface area contributed by atoms with Gasteiger partial charge in [0.05, 0.1) is 0 Å². The maximum absolute atomic E-state index is 12.1. The van der Waals surface area contributed by atoms with Crippen molar-refractivity contribution in [3.05, 3.63) is 18.0 Å². The van der Waals surface area contributed by atoms with E-state index < -0.39 is 0 Å². The lowest BCUT2D eigenvalue weighted by Gasteiger charge is -2.23. The van der Waals surface area contributed by atoms with Crippen molar-refractivity contribution in [2.24, 2.45) is 0 Å². The van der Waals surface area contributed by atoms with Crippen LogP contribution in [0.4, 0.5) is 0 Å². The topological polar surface area (TPSA) is 46.3 Å². The van der Waals surface area contributed by atoms with Gasteiger partial charge in [-0.1, -0.05) is 5.16 Å². The van der Waals surface area contributed by atoms with Crippen molar-refractivity contribution in [1.29, 1.82) is 0 Å². The summed E-state index contributed by atoms with van der Waals surface area (Å²) in [6, 6.07) is 1.93. The molecule has 0 aromatic carbocycles. The molecule has 0 radical (unpaired) electrons. The molecule has 0 bridgehead atoms. The Morgan fingerprint density at radius 1 is 1.69 bits per heavy atom. The number of carbonyl (C=O) groups is 1. The first kappa shape index (κ1) is 11.5. The number of aromatic nitrogens is 1. The summed E-state index contributed by atoms with van der Waals surface area (Å²) in [4.78, 5) is 13.9. The van der Waals surface area contributed by atoms with E-state index in [9.17, 15) is 4.79 Å². The van der Waals surface area contributed by atoms with Crippen LogP contribution in [-0.4, -0.2) is 34.4 Å². The van der Waals surface area contributed by atoms with Crippen molar-refractivity contribution in [2.75, 3.05) is 12.4 Å². The van der Waals surface area contributed by atoms with Crippen LogP contribution in [0, 0.1) is 0 Å². The Kier molecular flexibility index (Phi) is 3.83. The van der Waals surface area contributed by atoms with E-state index in [-0.39, 0.29) is 5.91 Å². The third-order valence-electron chi connectivity index (χ3n) is 2.97. The summed E-state index contributed by atoms with van der Waals surface area (Å²) in [5.41, 5.74) is 0.401. The molecule has 1 fully saturated rings. The summed E-state index contributed by atoms with van der Waals surface area (Å²) in [7, 11) is 0. The highest BCUT2D eigenvalue weighted by Gasteiger charge is 2.29. The highest BCUT2D eigenvalue weighted by molar-refractivity contribution is 6.17. The van der Waals surface area contributed by atoms with Crippen LogP contribution >= 0.6 is 11.6 Å². The van der Waals surface area contributed by atoms with E-state index in [0.29, 0.717) is 17.6 Å². The number of carbonyl (C=O) groups excluding carboxylic acids is 1. The lowest BCUT2D eigenvalue weighted by Crippen LogP contribution is -2.35. The minimum atomic E-state index is -0.0224. The zero-order valence-corrected chi connectivity index (χ0v) is 9.82. The second kappa shape index (κ2) is 5.34. The van der Waals surface area contributed by atoms with Gasteiger partial charge in [0.2, 0.25) is 0 Å². The van der Waals surface area contributed by atoms with Crippen LogP contribution in [0.1, 0.15) is 36.2 Å². The molecule has 2 heterocycles. The number of rotatable bonds is 4. The third-order valence-corrected chi connectivity index (χ3v) is 3.23. The van der Waals surface area contributed by atoms with E-state index in [0.717, 1.165) is 32.2 Å². The summed E-state index contributed by atoms with van der Waals surface area (Å²) in [6.45, 7) is 0.818. The second-order valence-electron chi connectivity index (χ2n) is 4.01. The van der Waals surface area contributed by atoms with Gasteiger partial charge in [0.15, 0.2) is 5.69 Å². The number of hydrogen-bond donors (Lipinski definition) is 0. The number of halogens is 1. The molecule has 1 amide bonds. The molecule has 5 heteroatoms. The minimum absolute atomic E-state index is 0.0224. The molecule has 1 aromatic rings. The van der Waals surface area contributed by atoms with Crippen molar-refractivity contribution in [3.63, 3.8) is 0 Å². The SMILES string of the molecule is O=C(c1ccon1)N1CCCC1CCCCl. The Hall–Kier alpha value is -1.03. The number of likely N-dealkylation sites (tertiary alicyclic amines) is 1. The van der Waals surface area contributed by atoms with Crippen molar-refractivity contribution in [2.45, 2.75) is 31.7 Å². The lowest BCUT2D eigenvalue weighted by molar-refractivity contribution is 0.0719.